The van der Waals surface area contributed by atoms with Gasteiger partial charge in [-0.3, -0.25) is 0 Å². The maximum Gasteiger partial charge on any atom is 0.0933 e. The molecule has 1 fully saturated rings. The predicted molar refractivity (Wildman–Crippen MR) is 55.3 cm³/mol. The van der Waals surface area contributed by atoms with Gasteiger partial charge in [-0.15, -0.1) is 0 Å². The largest absolute Gasteiger partial charge is 0.373 e. The molecule has 3 heteroatoms. The fourth-order valence-corrected chi connectivity index (χ4v) is 1.88. The SMILES string of the molecule is C1=CC(OCC2CNCCO2)CCC1. The zero-order chi connectivity index (χ0) is 9.64. The molecule has 1 heterocycles. The van der Waals surface area contributed by atoms with Crippen LogP contribution in [0.4, 0.5) is 0 Å². The van der Waals surface area contributed by atoms with Crippen LogP contribution in [0.15, 0.2) is 12.2 Å². The summed E-state index contributed by atoms with van der Waals surface area (Å²) in [7, 11) is 0. The predicted octanol–water partition coefficient (Wildman–Crippen LogP) is 1.10. The summed E-state index contributed by atoms with van der Waals surface area (Å²) < 4.78 is 11.3. The summed E-state index contributed by atoms with van der Waals surface area (Å²) in [5, 5.41) is 3.30. The summed E-state index contributed by atoms with van der Waals surface area (Å²) in [4.78, 5) is 0. The van der Waals surface area contributed by atoms with E-state index < -0.39 is 0 Å². The zero-order valence-electron chi connectivity index (χ0n) is 8.58. The first-order chi connectivity index (χ1) is 6.95. The minimum absolute atomic E-state index is 0.249. The van der Waals surface area contributed by atoms with E-state index in [4.69, 9.17) is 9.47 Å². The number of allylic oxidation sites excluding steroid dienone is 1. The molecular weight excluding hydrogens is 178 g/mol. The molecule has 0 radical (unpaired) electrons. The smallest absolute Gasteiger partial charge is 0.0933 e. The number of hydrogen-bond acceptors (Lipinski definition) is 3. The average molecular weight is 197 g/mol. The topological polar surface area (TPSA) is 30.5 Å². The first-order valence-electron chi connectivity index (χ1n) is 5.56. The average Bonchev–Trinajstić information content (AvgIpc) is 2.29. The minimum Gasteiger partial charge on any atom is -0.373 e. The van der Waals surface area contributed by atoms with Crippen LogP contribution in [0.25, 0.3) is 0 Å². The third-order valence-electron chi connectivity index (χ3n) is 2.71. The van der Waals surface area contributed by atoms with E-state index >= 15 is 0 Å². The van der Waals surface area contributed by atoms with Gasteiger partial charge < -0.3 is 14.8 Å². The van der Waals surface area contributed by atoms with Crippen molar-refractivity contribution < 1.29 is 9.47 Å². The third-order valence-corrected chi connectivity index (χ3v) is 2.71. The highest BCUT2D eigenvalue weighted by Gasteiger charge is 2.16. The molecule has 2 unspecified atom stereocenters. The lowest BCUT2D eigenvalue weighted by atomic mass is 10.1. The molecule has 1 aliphatic carbocycles. The van der Waals surface area contributed by atoms with Gasteiger partial charge >= 0.3 is 0 Å². The molecule has 0 aromatic rings. The quantitative estimate of drug-likeness (QED) is 0.687. The highest BCUT2D eigenvalue weighted by Crippen LogP contribution is 2.14. The number of morpholine rings is 1. The van der Waals surface area contributed by atoms with E-state index in [2.05, 4.69) is 17.5 Å². The van der Waals surface area contributed by atoms with Gasteiger partial charge in [0.2, 0.25) is 0 Å². The lowest BCUT2D eigenvalue weighted by Gasteiger charge is -2.25. The first kappa shape index (κ1) is 10.1. The van der Waals surface area contributed by atoms with Crippen molar-refractivity contribution in [3.8, 4) is 0 Å². The molecule has 14 heavy (non-hydrogen) atoms. The lowest BCUT2D eigenvalue weighted by molar-refractivity contribution is -0.0473. The molecule has 2 rings (SSSR count). The molecule has 0 spiro atoms. The van der Waals surface area contributed by atoms with Crippen LogP contribution in [0, 0.1) is 0 Å². The van der Waals surface area contributed by atoms with Gasteiger partial charge in [0.15, 0.2) is 0 Å². The normalized spacial score (nSPS) is 33.1. The second-order valence-corrected chi connectivity index (χ2v) is 3.93. The standard InChI is InChI=1S/C11H19NO2/c1-2-4-10(5-3-1)14-9-11-8-12-6-7-13-11/h2,4,10-12H,1,3,5-9H2. The fourth-order valence-electron chi connectivity index (χ4n) is 1.88. The molecule has 0 saturated carbocycles. The summed E-state index contributed by atoms with van der Waals surface area (Å²) in [6, 6.07) is 0. The Kier molecular flexibility index (Phi) is 3.98. The highest BCUT2D eigenvalue weighted by atomic mass is 16.5. The van der Waals surface area contributed by atoms with Crippen molar-refractivity contribution >= 4 is 0 Å². The minimum atomic E-state index is 0.249. The molecule has 3 nitrogen and oxygen atoms in total. The second-order valence-electron chi connectivity index (χ2n) is 3.93. The third kappa shape index (κ3) is 3.08. The van der Waals surface area contributed by atoms with Gasteiger partial charge in [0.25, 0.3) is 0 Å². The van der Waals surface area contributed by atoms with E-state index in [0.29, 0.717) is 6.10 Å². The van der Waals surface area contributed by atoms with Gasteiger partial charge in [-0.25, -0.2) is 0 Å². The number of hydrogen-bond donors (Lipinski definition) is 1. The summed E-state index contributed by atoms with van der Waals surface area (Å²) in [6.45, 7) is 3.44. The van der Waals surface area contributed by atoms with Gasteiger partial charge in [-0.1, -0.05) is 12.2 Å². The molecule has 80 valence electrons. The van der Waals surface area contributed by atoms with Crippen LogP contribution >= 0.6 is 0 Å². The van der Waals surface area contributed by atoms with Crippen molar-refractivity contribution in [2.75, 3.05) is 26.3 Å². The van der Waals surface area contributed by atoms with Crippen molar-refractivity contribution in [2.45, 2.75) is 31.5 Å². The van der Waals surface area contributed by atoms with E-state index in [0.717, 1.165) is 32.7 Å². The highest BCUT2D eigenvalue weighted by molar-refractivity contribution is 4.94. The molecular formula is C11H19NO2. The van der Waals surface area contributed by atoms with Gasteiger partial charge in [0.05, 0.1) is 25.4 Å². The van der Waals surface area contributed by atoms with Crippen LogP contribution in [0.3, 0.4) is 0 Å². The molecule has 0 bridgehead atoms. The van der Waals surface area contributed by atoms with Gasteiger partial charge in [-0.05, 0) is 19.3 Å². The Morgan fingerprint density at radius 1 is 1.50 bits per heavy atom. The molecule has 1 aliphatic heterocycles. The van der Waals surface area contributed by atoms with E-state index in [9.17, 15) is 0 Å². The Morgan fingerprint density at radius 3 is 3.21 bits per heavy atom. The molecule has 0 aromatic carbocycles. The Balaban J connectivity index is 1.65. The van der Waals surface area contributed by atoms with Crippen LogP contribution in [-0.4, -0.2) is 38.5 Å². The van der Waals surface area contributed by atoms with Crippen LogP contribution in [0.5, 0.6) is 0 Å². The van der Waals surface area contributed by atoms with Crippen LogP contribution < -0.4 is 5.32 Å². The number of ether oxygens (including phenoxy) is 2. The molecule has 1 saturated heterocycles. The maximum atomic E-state index is 5.77. The summed E-state index contributed by atoms with van der Waals surface area (Å²) in [5.74, 6) is 0. The number of rotatable bonds is 3. The Labute approximate surface area is 85.5 Å². The number of nitrogens with one attached hydrogen (secondary N) is 1. The fraction of sp³-hybridized carbons (Fsp3) is 0.818. The van der Waals surface area contributed by atoms with Gasteiger partial charge in [0, 0.05) is 13.1 Å². The Hall–Kier alpha value is -0.380. The zero-order valence-corrected chi connectivity index (χ0v) is 8.58. The maximum absolute atomic E-state index is 5.77. The molecule has 2 aliphatic rings. The molecule has 2 atom stereocenters. The van der Waals surface area contributed by atoms with Crippen LogP contribution in [0.1, 0.15) is 19.3 Å². The summed E-state index contributed by atoms with van der Waals surface area (Å²) in [5.41, 5.74) is 0. The van der Waals surface area contributed by atoms with Crippen molar-refractivity contribution in [3.63, 3.8) is 0 Å². The van der Waals surface area contributed by atoms with Crippen molar-refractivity contribution in [2.24, 2.45) is 0 Å². The second kappa shape index (κ2) is 5.49. The summed E-state index contributed by atoms with van der Waals surface area (Å²) >= 11 is 0. The van der Waals surface area contributed by atoms with Crippen molar-refractivity contribution in [3.05, 3.63) is 12.2 Å². The van der Waals surface area contributed by atoms with Gasteiger partial charge in [0.1, 0.15) is 0 Å². The Morgan fingerprint density at radius 2 is 2.50 bits per heavy atom. The monoisotopic (exact) mass is 197 g/mol. The van der Waals surface area contributed by atoms with E-state index in [1.165, 1.54) is 12.8 Å². The molecule has 0 amide bonds. The van der Waals surface area contributed by atoms with Crippen LogP contribution in [0.2, 0.25) is 0 Å². The molecule has 0 aromatic heterocycles. The Bertz CT molecular complexity index is 188. The van der Waals surface area contributed by atoms with Crippen molar-refractivity contribution in [1.29, 1.82) is 0 Å². The van der Waals surface area contributed by atoms with Crippen LogP contribution in [-0.2, 0) is 9.47 Å². The van der Waals surface area contributed by atoms with Crippen molar-refractivity contribution in [1.82, 2.24) is 5.32 Å². The first-order valence-corrected chi connectivity index (χ1v) is 5.56. The lowest BCUT2D eigenvalue weighted by Crippen LogP contribution is -2.41. The molecule has 1 N–H and O–H groups in total. The van der Waals surface area contributed by atoms with E-state index in [1.807, 2.05) is 0 Å². The van der Waals surface area contributed by atoms with Gasteiger partial charge in [-0.2, -0.15) is 0 Å². The van der Waals surface area contributed by atoms with E-state index in [1.54, 1.807) is 0 Å². The van der Waals surface area contributed by atoms with E-state index in [-0.39, 0.29) is 6.10 Å². The summed E-state index contributed by atoms with van der Waals surface area (Å²) in [6.07, 6.45) is 8.60.